The number of amidine groups is 1. The van der Waals surface area contributed by atoms with Crippen molar-refractivity contribution in [2.75, 3.05) is 18.5 Å². The van der Waals surface area contributed by atoms with Gasteiger partial charge in [0, 0.05) is 13.6 Å². The summed E-state index contributed by atoms with van der Waals surface area (Å²) in [6.45, 7) is 9.05. The van der Waals surface area contributed by atoms with Gasteiger partial charge in [-0.3, -0.25) is 5.41 Å². The maximum absolute atomic E-state index is 7.72. The third kappa shape index (κ3) is 2.97. The van der Waals surface area contributed by atoms with Crippen LogP contribution in [0, 0.1) is 25.2 Å². The maximum atomic E-state index is 7.72. The first-order valence-electron chi connectivity index (χ1n) is 6.27. The van der Waals surface area contributed by atoms with Gasteiger partial charge in [-0.2, -0.15) is 5.10 Å². The van der Waals surface area contributed by atoms with E-state index < -0.39 is 0 Å². The van der Waals surface area contributed by atoms with Gasteiger partial charge in [0.05, 0.1) is 11.3 Å². The Hall–Kier alpha value is -1.65. The largest absolute Gasteiger partial charge is 0.384 e. The Morgan fingerprint density at radius 1 is 1.39 bits per heavy atom. The van der Waals surface area contributed by atoms with Gasteiger partial charge in [-0.15, -0.1) is 5.10 Å². The number of aryl methyl sites for hydroxylation is 1. The molecule has 1 heterocycles. The molecule has 0 saturated carbocycles. The van der Waals surface area contributed by atoms with Crippen molar-refractivity contribution in [1.29, 1.82) is 5.41 Å². The lowest BCUT2D eigenvalue weighted by molar-refractivity contribution is 0.556. The van der Waals surface area contributed by atoms with Crippen molar-refractivity contribution in [3.63, 3.8) is 0 Å². The highest BCUT2D eigenvalue weighted by molar-refractivity contribution is 6.01. The van der Waals surface area contributed by atoms with Crippen LogP contribution >= 0.6 is 0 Å². The van der Waals surface area contributed by atoms with Crippen LogP contribution in [0.4, 0.5) is 5.82 Å². The van der Waals surface area contributed by atoms with Crippen LogP contribution in [0.15, 0.2) is 0 Å². The second-order valence-electron chi connectivity index (χ2n) is 4.92. The molecule has 1 aromatic heterocycles. The quantitative estimate of drug-likeness (QED) is 0.616. The molecule has 0 aliphatic carbocycles. The van der Waals surface area contributed by atoms with E-state index in [1.165, 1.54) is 0 Å². The zero-order valence-electron chi connectivity index (χ0n) is 11.9. The van der Waals surface area contributed by atoms with Crippen LogP contribution in [0.2, 0.25) is 0 Å². The molecular weight excluding hydrogens is 226 g/mol. The van der Waals surface area contributed by atoms with Gasteiger partial charge in [0.25, 0.3) is 0 Å². The fourth-order valence-corrected chi connectivity index (χ4v) is 1.87. The fourth-order valence-electron chi connectivity index (χ4n) is 1.87. The van der Waals surface area contributed by atoms with Gasteiger partial charge in [-0.05, 0) is 25.3 Å². The lowest BCUT2D eigenvalue weighted by atomic mass is 10.1. The van der Waals surface area contributed by atoms with Crippen molar-refractivity contribution in [3.8, 4) is 0 Å². The van der Waals surface area contributed by atoms with Gasteiger partial charge in [-0.25, -0.2) is 0 Å². The summed E-state index contributed by atoms with van der Waals surface area (Å²) in [4.78, 5) is 2.03. The van der Waals surface area contributed by atoms with E-state index in [0.29, 0.717) is 17.3 Å². The van der Waals surface area contributed by atoms with Crippen LogP contribution in [-0.2, 0) is 0 Å². The molecule has 0 radical (unpaired) electrons. The molecule has 0 bridgehead atoms. The molecule has 1 atom stereocenters. The molecular formula is C13H23N5. The number of hydrogen-bond acceptors (Lipinski definition) is 4. The molecule has 0 amide bonds. The highest BCUT2D eigenvalue weighted by Gasteiger charge is 2.17. The van der Waals surface area contributed by atoms with E-state index in [4.69, 9.17) is 11.1 Å². The second kappa shape index (κ2) is 5.80. The van der Waals surface area contributed by atoms with Crippen molar-refractivity contribution in [2.24, 2.45) is 11.7 Å². The van der Waals surface area contributed by atoms with Crippen molar-refractivity contribution < 1.29 is 0 Å². The van der Waals surface area contributed by atoms with Crippen molar-refractivity contribution >= 4 is 11.7 Å². The molecule has 0 aromatic carbocycles. The molecule has 0 spiro atoms. The average Bonchev–Trinajstić information content (AvgIpc) is 2.31. The van der Waals surface area contributed by atoms with Gasteiger partial charge >= 0.3 is 0 Å². The maximum Gasteiger partial charge on any atom is 0.162 e. The van der Waals surface area contributed by atoms with E-state index in [9.17, 15) is 0 Å². The number of nitrogens with one attached hydrogen (secondary N) is 1. The van der Waals surface area contributed by atoms with Crippen LogP contribution in [0.5, 0.6) is 0 Å². The van der Waals surface area contributed by atoms with Crippen LogP contribution in [-0.4, -0.2) is 29.6 Å². The minimum absolute atomic E-state index is 0.0523. The van der Waals surface area contributed by atoms with E-state index in [1.54, 1.807) is 0 Å². The van der Waals surface area contributed by atoms with E-state index in [-0.39, 0.29) is 5.84 Å². The molecule has 0 aliphatic rings. The first-order chi connectivity index (χ1) is 8.38. The van der Waals surface area contributed by atoms with E-state index in [2.05, 4.69) is 24.0 Å². The van der Waals surface area contributed by atoms with Gasteiger partial charge < -0.3 is 10.6 Å². The summed E-state index contributed by atoms with van der Waals surface area (Å²) in [6, 6.07) is 0. The summed E-state index contributed by atoms with van der Waals surface area (Å²) in [5, 5.41) is 16.1. The molecule has 3 N–H and O–H groups in total. The SMILES string of the molecule is CCC(C)CN(C)c1nnc(C)c(C)c1C(=N)N. The Morgan fingerprint density at radius 3 is 2.50 bits per heavy atom. The number of anilines is 1. The van der Waals surface area contributed by atoms with E-state index in [0.717, 1.165) is 24.2 Å². The van der Waals surface area contributed by atoms with Gasteiger partial charge in [0.1, 0.15) is 5.84 Å². The van der Waals surface area contributed by atoms with Crippen LogP contribution in [0.1, 0.15) is 37.1 Å². The second-order valence-corrected chi connectivity index (χ2v) is 4.92. The summed E-state index contributed by atoms with van der Waals surface area (Å²) in [7, 11) is 1.97. The Kier molecular flexibility index (Phi) is 4.64. The zero-order chi connectivity index (χ0) is 13.9. The molecule has 0 aliphatic heterocycles. The van der Waals surface area contributed by atoms with E-state index >= 15 is 0 Å². The molecule has 1 unspecified atom stereocenters. The minimum atomic E-state index is 0.0523. The predicted octanol–water partition coefficient (Wildman–Crippen LogP) is 1.86. The third-order valence-corrected chi connectivity index (χ3v) is 3.35. The Bertz CT molecular complexity index is 441. The topological polar surface area (TPSA) is 78.9 Å². The monoisotopic (exact) mass is 249 g/mol. The van der Waals surface area contributed by atoms with Crippen molar-refractivity contribution in [1.82, 2.24) is 10.2 Å². The normalized spacial score (nSPS) is 12.3. The summed E-state index contributed by atoms with van der Waals surface area (Å²) in [5.41, 5.74) is 8.13. The predicted molar refractivity (Wildman–Crippen MR) is 75.2 cm³/mol. The van der Waals surface area contributed by atoms with E-state index in [1.807, 2.05) is 25.8 Å². The molecule has 0 fully saturated rings. The van der Waals surface area contributed by atoms with Gasteiger partial charge in [0.2, 0.25) is 0 Å². The molecule has 18 heavy (non-hydrogen) atoms. The summed E-state index contributed by atoms with van der Waals surface area (Å²) < 4.78 is 0. The molecule has 100 valence electrons. The number of nitrogens with zero attached hydrogens (tertiary/aromatic N) is 3. The number of nitrogens with two attached hydrogens (primary N) is 1. The number of hydrogen-bond donors (Lipinski definition) is 2. The van der Waals surface area contributed by atoms with Crippen molar-refractivity contribution in [2.45, 2.75) is 34.1 Å². The number of aromatic nitrogens is 2. The third-order valence-electron chi connectivity index (χ3n) is 3.35. The molecule has 1 aromatic rings. The van der Waals surface area contributed by atoms with Gasteiger partial charge in [-0.1, -0.05) is 20.3 Å². The lowest BCUT2D eigenvalue weighted by Crippen LogP contribution is -2.29. The van der Waals surface area contributed by atoms with Crippen molar-refractivity contribution in [3.05, 3.63) is 16.8 Å². The first-order valence-corrected chi connectivity index (χ1v) is 6.27. The molecule has 5 nitrogen and oxygen atoms in total. The summed E-state index contributed by atoms with van der Waals surface area (Å²) in [5.74, 6) is 1.32. The standard InChI is InChI=1S/C13H23N5/c1-6-8(2)7-18(5)13-11(12(14)15)9(3)10(4)16-17-13/h8H,6-7H2,1-5H3,(H3,14,15). The average molecular weight is 249 g/mol. The lowest BCUT2D eigenvalue weighted by Gasteiger charge is -2.24. The summed E-state index contributed by atoms with van der Waals surface area (Å²) >= 11 is 0. The van der Waals surface area contributed by atoms with Crippen LogP contribution in [0.25, 0.3) is 0 Å². The smallest absolute Gasteiger partial charge is 0.162 e. The molecule has 5 heteroatoms. The minimum Gasteiger partial charge on any atom is -0.384 e. The zero-order valence-corrected chi connectivity index (χ0v) is 11.9. The highest BCUT2D eigenvalue weighted by atomic mass is 15.3. The fraction of sp³-hybridized carbons (Fsp3) is 0.615. The molecule has 1 rings (SSSR count). The van der Waals surface area contributed by atoms with Crippen LogP contribution in [0.3, 0.4) is 0 Å². The highest BCUT2D eigenvalue weighted by Crippen LogP contribution is 2.21. The first kappa shape index (κ1) is 14.4. The Labute approximate surface area is 109 Å². The van der Waals surface area contributed by atoms with Gasteiger partial charge in [0.15, 0.2) is 5.82 Å². The number of rotatable bonds is 5. The summed E-state index contributed by atoms with van der Waals surface area (Å²) in [6.07, 6.45) is 1.11. The Balaban J connectivity index is 3.16. The Morgan fingerprint density at radius 2 is 2.00 bits per heavy atom. The number of nitrogen functional groups attached to an aromatic ring is 1. The molecule has 0 saturated heterocycles. The van der Waals surface area contributed by atoms with Crippen LogP contribution < -0.4 is 10.6 Å².